The molecule has 1 N–H and O–H groups in total. The van der Waals surface area contributed by atoms with Crippen LogP contribution in [0.3, 0.4) is 0 Å². The lowest BCUT2D eigenvalue weighted by Crippen LogP contribution is -2.10. The highest BCUT2D eigenvalue weighted by Crippen LogP contribution is 2.26. The Kier molecular flexibility index (Phi) is 3.55. The van der Waals surface area contributed by atoms with E-state index in [2.05, 4.69) is 9.72 Å². The van der Waals surface area contributed by atoms with Crippen LogP contribution in [0, 0.1) is 6.92 Å². The number of hydrogen-bond acceptors (Lipinski definition) is 4. The van der Waals surface area contributed by atoms with Gasteiger partial charge in [-0.1, -0.05) is 0 Å². The van der Waals surface area contributed by atoms with Crippen LogP contribution in [-0.2, 0) is 9.53 Å². The molecule has 0 aliphatic carbocycles. The summed E-state index contributed by atoms with van der Waals surface area (Å²) < 4.78 is 9.65. The topological polar surface area (TPSA) is 68.4 Å². The molecule has 0 radical (unpaired) electrons. The van der Waals surface area contributed by atoms with E-state index in [9.17, 15) is 9.59 Å². The smallest absolute Gasteiger partial charge is 0.313 e. The average molecular weight is 261 g/mol. The zero-order valence-corrected chi connectivity index (χ0v) is 11.1. The number of aromatic nitrogens is 1. The highest BCUT2D eigenvalue weighted by molar-refractivity contribution is 6.14. The second-order valence-corrected chi connectivity index (χ2v) is 4.21. The van der Waals surface area contributed by atoms with Crippen LogP contribution in [0.15, 0.2) is 18.2 Å². The van der Waals surface area contributed by atoms with E-state index in [0.29, 0.717) is 11.3 Å². The van der Waals surface area contributed by atoms with Gasteiger partial charge in [-0.25, -0.2) is 0 Å². The predicted molar refractivity (Wildman–Crippen MR) is 70.6 cm³/mol. The predicted octanol–water partition coefficient (Wildman–Crippen LogP) is 2.23. The van der Waals surface area contributed by atoms with E-state index in [-0.39, 0.29) is 12.2 Å². The molecule has 5 nitrogen and oxygen atoms in total. The Morgan fingerprint density at radius 2 is 2.00 bits per heavy atom. The van der Waals surface area contributed by atoms with Crippen molar-refractivity contribution in [3.05, 3.63) is 29.5 Å². The maximum atomic E-state index is 12.1. The Morgan fingerprint density at radius 1 is 1.26 bits per heavy atom. The Bertz CT molecular complexity index is 642. The van der Waals surface area contributed by atoms with Gasteiger partial charge in [-0.15, -0.1) is 0 Å². The van der Waals surface area contributed by atoms with Crippen molar-refractivity contribution in [1.82, 2.24) is 4.98 Å². The summed E-state index contributed by atoms with van der Waals surface area (Å²) in [7, 11) is 2.85. The minimum atomic E-state index is -0.535. The number of fused-ring (bicyclic) bond motifs is 1. The zero-order valence-electron chi connectivity index (χ0n) is 11.1. The number of nitrogens with one attached hydrogen (secondary N) is 1. The van der Waals surface area contributed by atoms with Crippen molar-refractivity contribution < 1.29 is 19.1 Å². The van der Waals surface area contributed by atoms with Crippen molar-refractivity contribution in [3.8, 4) is 5.75 Å². The molecule has 0 saturated carbocycles. The van der Waals surface area contributed by atoms with Crippen LogP contribution in [0.2, 0.25) is 0 Å². The number of aromatic amines is 1. The Labute approximate surface area is 110 Å². The summed E-state index contributed by atoms with van der Waals surface area (Å²) in [5, 5.41) is 0.784. The van der Waals surface area contributed by atoms with Gasteiger partial charge >= 0.3 is 5.97 Å². The average Bonchev–Trinajstić information content (AvgIpc) is 2.73. The van der Waals surface area contributed by atoms with E-state index < -0.39 is 5.97 Å². The summed E-state index contributed by atoms with van der Waals surface area (Å²) in [6.45, 7) is 1.80. The Morgan fingerprint density at radius 3 is 2.63 bits per heavy atom. The summed E-state index contributed by atoms with van der Waals surface area (Å²) >= 11 is 0. The van der Waals surface area contributed by atoms with Crippen molar-refractivity contribution in [3.63, 3.8) is 0 Å². The van der Waals surface area contributed by atoms with Crippen LogP contribution in [0.5, 0.6) is 5.75 Å². The van der Waals surface area contributed by atoms with Gasteiger partial charge < -0.3 is 14.5 Å². The lowest BCUT2D eigenvalue weighted by Gasteiger charge is -2.01. The third kappa shape index (κ3) is 2.45. The molecule has 1 aromatic heterocycles. The van der Waals surface area contributed by atoms with Gasteiger partial charge in [0.25, 0.3) is 0 Å². The number of benzene rings is 1. The first-order valence-corrected chi connectivity index (χ1v) is 5.83. The van der Waals surface area contributed by atoms with Crippen molar-refractivity contribution >= 4 is 22.7 Å². The van der Waals surface area contributed by atoms with E-state index in [4.69, 9.17) is 4.74 Å². The number of hydrogen-bond donors (Lipinski definition) is 1. The summed E-state index contributed by atoms with van der Waals surface area (Å²) in [5.41, 5.74) is 2.07. The third-order valence-electron chi connectivity index (χ3n) is 3.00. The quantitative estimate of drug-likeness (QED) is 0.520. The monoisotopic (exact) mass is 261 g/mol. The molecule has 0 amide bonds. The number of H-pyrrole nitrogens is 1. The fraction of sp³-hybridized carbons (Fsp3) is 0.286. The van der Waals surface area contributed by atoms with Gasteiger partial charge in [0.1, 0.15) is 12.2 Å². The minimum absolute atomic E-state index is 0.249. The van der Waals surface area contributed by atoms with Crippen LogP contribution < -0.4 is 4.74 Å². The fourth-order valence-electron chi connectivity index (χ4n) is 2.09. The van der Waals surface area contributed by atoms with Crippen LogP contribution in [-0.4, -0.2) is 31.0 Å². The molecule has 0 aliphatic rings. The van der Waals surface area contributed by atoms with Gasteiger partial charge in [0.2, 0.25) is 0 Å². The van der Waals surface area contributed by atoms with Gasteiger partial charge in [-0.2, -0.15) is 0 Å². The number of aryl methyl sites for hydroxylation is 1. The van der Waals surface area contributed by atoms with E-state index in [1.807, 2.05) is 12.1 Å². The number of Topliss-reactive ketones (excluding diaryl/α,β-unsaturated/α-hetero) is 1. The summed E-state index contributed by atoms with van der Waals surface area (Å²) in [4.78, 5) is 26.4. The van der Waals surface area contributed by atoms with E-state index in [1.165, 1.54) is 7.11 Å². The molecule has 1 aromatic carbocycles. The van der Waals surface area contributed by atoms with Gasteiger partial charge in [0, 0.05) is 22.7 Å². The van der Waals surface area contributed by atoms with Crippen LogP contribution in [0.1, 0.15) is 22.5 Å². The summed E-state index contributed by atoms with van der Waals surface area (Å²) in [6.07, 6.45) is -0.254. The molecule has 2 rings (SSSR count). The van der Waals surface area contributed by atoms with Gasteiger partial charge in [0.05, 0.1) is 19.7 Å². The number of carbonyl (C=O) groups excluding carboxylic acids is 2. The summed E-state index contributed by atoms with van der Waals surface area (Å²) in [6, 6.07) is 5.41. The minimum Gasteiger partial charge on any atom is -0.497 e. The molecule has 5 heteroatoms. The lowest BCUT2D eigenvalue weighted by atomic mass is 10.0. The van der Waals surface area contributed by atoms with Crippen molar-refractivity contribution in [1.29, 1.82) is 0 Å². The molecular formula is C14H15NO4. The molecule has 0 saturated heterocycles. The Balaban J connectivity index is 2.45. The molecule has 0 bridgehead atoms. The fourth-order valence-corrected chi connectivity index (χ4v) is 2.09. The number of ether oxygens (including phenoxy) is 2. The lowest BCUT2D eigenvalue weighted by molar-refractivity contribution is -0.139. The van der Waals surface area contributed by atoms with Crippen LogP contribution in [0.25, 0.3) is 10.9 Å². The molecule has 19 heavy (non-hydrogen) atoms. The van der Waals surface area contributed by atoms with Gasteiger partial charge in [-0.3, -0.25) is 9.59 Å². The molecule has 0 fully saturated rings. The number of rotatable bonds is 4. The first-order valence-electron chi connectivity index (χ1n) is 5.83. The van der Waals surface area contributed by atoms with Crippen LogP contribution >= 0.6 is 0 Å². The van der Waals surface area contributed by atoms with Gasteiger partial charge in [-0.05, 0) is 19.1 Å². The zero-order chi connectivity index (χ0) is 14.0. The molecule has 0 spiro atoms. The van der Waals surface area contributed by atoms with Crippen molar-refractivity contribution in [2.45, 2.75) is 13.3 Å². The number of carbonyl (C=O) groups is 2. The maximum absolute atomic E-state index is 12.1. The third-order valence-corrected chi connectivity index (χ3v) is 3.00. The second-order valence-electron chi connectivity index (χ2n) is 4.21. The largest absolute Gasteiger partial charge is 0.497 e. The van der Waals surface area contributed by atoms with Gasteiger partial charge in [0.15, 0.2) is 5.78 Å². The molecule has 0 atom stereocenters. The summed E-state index contributed by atoms with van der Waals surface area (Å²) in [5.74, 6) is -0.0752. The Hall–Kier alpha value is -2.30. The highest BCUT2D eigenvalue weighted by Gasteiger charge is 2.19. The molecule has 1 heterocycles. The highest BCUT2D eigenvalue weighted by atomic mass is 16.5. The van der Waals surface area contributed by atoms with Crippen molar-refractivity contribution in [2.75, 3.05) is 14.2 Å². The number of esters is 1. The van der Waals surface area contributed by atoms with Crippen molar-refractivity contribution in [2.24, 2.45) is 0 Å². The standard InChI is InChI=1S/C14H15NO4/c1-8-14(12(16)7-13(17)19-3)10-5-4-9(18-2)6-11(10)15-8/h4-6,15H,7H2,1-3H3. The molecular weight excluding hydrogens is 246 g/mol. The number of ketones is 1. The van der Waals surface area contributed by atoms with E-state index in [1.54, 1.807) is 20.1 Å². The molecule has 2 aromatic rings. The maximum Gasteiger partial charge on any atom is 0.313 e. The molecule has 100 valence electrons. The SMILES string of the molecule is COC(=O)CC(=O)c1c(C)[nH]c2cc(OC)ccc12. The van der Waals surface area contributed by atoms with E-state index in [0.717, 1.165) is 16.6 Å². The normalized spacial score (nSPS) is 10.5. The first kappa shape index (κ1) is 13.1. The second kappa shape index (κ2) is 5.14. The molecule has 0 aliphatic heterocycles. The van der Waals surface area contributed by atoms with Crippen LogP contribution in [0.4, 0.5) is 0 Å². The van der Waals surface area contributed by atoms with E-state index >= 15 is 0 Å². The molecule has 0 unspecified atom stereocenters. The first-order chi connectivity index (χ1) is 9.06. The number of methoxy groups -OCH3 is 2.